The molecule has 0 fully saturated rings. The average Bonchev–Trinajstić information content (AvgIpc) is 2.78. The highest BCUT2D eigenvalue weighted by Crippen LogP contribution is 2.22. The smallest absolute Gasteiger partial charge is 0.108 e. The van der Waals surface area contributed by atoms with Crippen LogP contribution < -0.4 is 5.32 Å². The molecular weight excluding hydrogens is 258 g/mol. The highest BCUT2D eigenvalue weighted by atomic mass is 15.0. The molecule has 114 valence electrons. The SMILES string of the molecule is CCc1ccc(-c2nc(CCNC(C)(C)C)[nH]c2C)cc1. The van der Waals surface area contributed by atoms with Crippen molar-refractivity contribution in [2.24, 2.45) is 0 Å². The van der Waals surface area contributed by atoms with Crippen molar-refractivity contribution in [2.45, 2.75) is 53.0 Å². The molecule has 2 aromatic rings. The zero-order valence-corrected chi connectivity index (χ0v) is 13.9. The molecule has 3 heteroatoms. The maximum Gasteiger partial charge on any atom is 0.108 e. The summed E-state index contributed by atoms with van der Waals surface area (Å²) in [4.78, 5) is 8.17. The first-order valence-corrected chi connectivity index (χ1v) is 7.79. The maximum absolute atomic E-state index is 4.76. The summed E-state index contributed by atoms with van der Waals surface area (Å²) in [5, 5.41) is 3.49. The third-order valence-corrected chi connectivity index (χ3v) is 3.59. The Hall–Kier alpha value is -1.61. The van der Waals surface area contributed by atoms with E-state index in [1.807, 2.05) is 0 Å². The fourth-order valence-electron chi connectivity index (χ4n) is 2.38. The molecule has 0 unspecified atom stereocenters. The van der Waals surface area contributed by atoms with Crippen LogP contribution in [0, 0.1) is 6.92 Å². The number of hydrogen-bond donors (Lipinski definition) is 2. The van der Waals surface area contributed by atoms with E-state index in [-0.39, 0.29) is 5.54 Å². The summed E-state index contributed by atoms with van der Waals surface area (Å²) in [5.74, 6) is 1.05. The zero-order chi connectivity index (χ0) is 15.5. The van der Waals surface area contributed by atoms with Crippen LogP contribution in [0.15, 0.2) is 24.3 Å². The molecule has 0 aliphatic rings. The molecule has 0 saturated carbocycles. The molecule has 3 nitrogen and oxygen atoms in total. The number of rotatable bonds is 5. The van der Waals surface area contributed by atoms with Gasteiger partial charge in [0.15, 0.2) is 0 Å². The number of aromatic amines is 1. The molecule has 0 aliphatic heterocycles. The van der Waals surface area contributed by atoms with E-state index < -0.39 is 0 Å². The number of H-pyrrole nitrogens is 1. The van der Waals surface area contributed by atoms with Crippen LogP contribution in [0.25, 0.3) is 11.3 Å². The predicted molar refractivity (Wildman–Crippen MR) is 89.6 cm³/mol. The van der Waals surface area contributed by atoms with Gasteiger partial charge in [-0.05, 0) is 39.7 Å². The van der Waals surface area contributed by atoms with Crippen molar-refractivity contribution in [3.05, 3.63) is 41.3 Å². The Morgan fingerprint density at radius 3 is 2.38 bits per heavy atom. The Morgan fingerprint density at radius 2 is 1.81 bits per heavy atom. The minimum absolute atomic E-state index is 0.153. The second kappa shape index (κ2) is 6.44. The molecule has 0 spiro atoms. The van der Waals surface area contributed by atoms with E-state index in [9.17, 15) is 0 Å². The standard InChI is InChI=1S/C18H27N3/c1-6-14-7-9-15(10-8-14)17-13(2)20-16(21-17)11-12-19-18(3,4)5/h7-10,19H,6,11-12H2,1-5H3,(H,20,21). The second-order valence-electron chi connectivity index (χ2n) is 6.63. The Bertz CT molecular complexity index is 574. The number of imidazole rings is 1. The van der Waals surface area contributed by atoms with E-state index in [0.29, 0.717) is 0 Å². The van der Waals surface area contributed by atoms with Gasteiger partial charge in [-0.15, -0.1) is 0 Å². The van der Waals surface area contributed by atoms with Crippen LogP contribution in [0.1, 0.15) is 44.8 Å². The predicted octanol–water partition coefficient (Wildman–Crippen LogP) is 3.88. The lowest BCUT2D eigenvalue weighted by Crippen LogP contribution is -2.37. The molecule has 1 aromatic carbocycles. The van der Waals surface area contributed by atoms with Gasteiger partial charge in [0.1, 0.15) is 5.82 Å². The molecule has 0 amide bonds. The van der Waals surface area contributed by atoms with E-state index in [2.05, 4.69) is 69.2 Å². The molecule has 0 saturated heterocycles. The molecule has 1 aromatic heterocycles. The minimum Gasteiger partial charge on any atom is -0.346 e. The summed E-state index contributed by atoms with van der Waals surface area (Å²) in [7, 11) is 0. The van der Waals surface area contributed by atoms with Crippen molar-refractivity contribution in [1.29, 1.82) is 0 Å². The lowest BCUT2D eigenvalue weighted by Gasteiger charge is -2.19. The first-order chi connectivity index (χ1) is 9.89. The number of nitrogens with zero attached hydrogens (tertiary/aromatic N) is 1. The number of hydrogen-bond acceptors (Lipinski definition) is 2. The summed E-state index contributed by atoms with van der Waals surface area (Å²) in [5.41, 5.74) is 4.92. The molecule has 0 aliphatic carbocycles. The molecule has 21 heavy (non-hydrogen) atoms. The number of aryl methyl sites for hydroxylation is 2. The Kier molecular flexibility index (Phi) is 4.84. The van der Waals surface area contributed by atoms with Crippen LogP contribution in [-0.2, 0) is 12.8 Å². The van der Waals surface area contributed by atoms with Crippen molar-refractivity contribution in [1.82, 2.24) is 15.3 Å². The number of nitrogens with one attached hydrogen (secondary N) is 2. The van der Waals surface area contributed by atoms with Gasteiger partial charge in [-0.25, -0.2) is 4.98 Å². The summed E-state index contributed by atoms with van der Waals surface area (Å²) in [6.07, 6.45) is 1.99. The fourth-order valence-corrected chi connectivity index (χ4v) is 2.38. The van der Waals surface area contributed by atoms with Crippen molar-refractivity contribution in [2.75, 3.05) is 6.54 Å². The number of benzene rings is 1. The van der Waals surface area contributed by atoms with E-state index in [4.69, 9.17) is 4.98 Å². The summed E-state index contributed by atoms with van der Waals surface area (Å²) >= 11 is 0. The second-order valence-corrected chi connectivity index (χ2v) is 6.63. The largest absolute Gasteiger partial charge is 0.346 e. The normalized spacial score (nSPS) is 11.9. The van der Waals surface area contributed by atoms with Gasteiger partial charge in [0.25, 0.3) is 0 Å². The van der Waals surface area contributed by atoms with Crippen LogP contribution in [-0.4, -0.2) is 22.1 Å². The summed E-state index contributed by atoms with van der Waals surface area (Å²) in [6, 6.07) is 8.70. The van der Waals surface area contributed by atoms with E-state index in [0.717, 1.165) is 36.6 Å². The van der Waals surface area contributed by atoms with Crippen LogP contribution in [0.5, 0.6) is 0 Å². The molecular formula is C18H27N3. The Morgan fingerprint density at radius 1 is 1.14 bits per heavy atom. The van der Waals surface area contributed by atoms with Gasteiger partial charge >= 0.3 is 0 Å². The maximum atomic E-state index is 4.76. The summed E-state index contributed by atoms with van der Waals surface area (Å²) in [6.45, 7) is 11.7. The molecule has 2 N–H and O–H groups in total. The van der Waals surface area contributed by atoms with Gasteiger partial charge in [-0.1, -0.05) is 31.2 Å². The third kappa shape index (κ3) is 4.43. The van der Waals surface area contributed by atoms with Gasteiger partial charge in [0, 0.05) is 29.8 Å². The van der Waals surface area contributed by atoms with Crippen LogP contribution in [0.4, 0.5) is 0 Å². The van der Waals surface area contributed by atoms with Gasteiger partial charge in [-0.2, -0.15) is 0 Å². The Labute approximate surface area is 128 Å². The van der Waals surface area contributed by atoms with Crippen LogP contribution >= 0.6 is 0 Å². The lowest BCUT2D eigenvalue weighted by molar-refractivity contribution is 0.427. The Balaban J connectivity index is 2.07. The highest BCUT2D eigenvalue weighted by Gasteiger charge is 2.11. The highest BCUT2D eigenvalue weighted by molar-refractivity contribution is 5.62. The van der Waals surface area contributed by atoms with Gasteiger partial charge in [0.05, 0.1) is 5.69 Å². The van der Waals surface area contributed by atoms with Crippen molar-refractivity contribution in [3.63, 3.8) is 0 Å². The lowest BCUT2D eigenvalue weighted by atomic mass is 10.1. The van der Waals surface area contributed by atoms with E-state index >= 15 is 0 Å². The topological polar surface area (TPSA) is 40.7 Å². The average molecular weight is 285 g/mol. The van der Waals surface area contributed by atoms with E-state index in [1.54, 1.807) is 0 Å². The first-order valence-electron chi connectivity index (χ1n) is 7.79. The van der Waals surface area contributed by atoms with Crippen LogP contribution in [0.3, 0.4) is 0 Å². The van der Waals surface area contributed by atoms with Gasteiger partial charge in [0.2, 0.25) is 0 Å². The fraction of sp³-hybridized carbons (Fsp3) is 0.500. The monoisotopic (exact) mass is 285 g/mol. The van der Waals surface area contributed by atoms with Gasteiger partial charge in [-0.3, -0.25) is 0 Å². The van der Waals surface area contributed by atoms with Crippen LogP contribution in [0.2, 0.25) is 0 Å². The third-order valence-electron chi connectivity index (χ3n) is 3.59. The quantitative estimate of drug-likeness (QED) is 0.875. The summed E-state index contributed by atoms with van der Waals surface area (Å²) < 4.78 is 0. The van der Waals surface area contributed by atoms with E-state index in [1.165, 1.54) is 11.1 Å². The minimum atomic E-state index is 0.153. The number of aromatic nitrogens is 2. The molecule has 0 radical (unpaired) electrons. The zero-order valence-electron chi connectivity index (χ0n) is 13.9. The molecule has 0 atom stereocenters. The molecule has 1 heterocycles. The van der Waals surface area contributed by atoms with Crippen molar-refractivity contribution >= 4 is 0 Å². The van der Waals surface area contributed by atoms with Crippen molar-refractivity contribution < 1.29 is 0 Å². The molecule has 0 bridgehead atoms. The van der Waals surface area contributed by atoms with Crippen molar-refractivity contribution in [3.8, 4) is 11.3 Å². The van der Waals surface area contributed by atoms with Gasteiger partial charge < -0.3 is 10.3 Å². The molecule has 2 rings (SSSR count). The first kappa shape index (κ1) is 15.8.